The molecule has 16 nitrogen and oxygen atoms in total. The Kier molecular flexibility index (Phi) is 9.57. The molecule has 244 valence electrons. The van der Waals surface area contributed by atoms with Crippen LogP contribution >= 0.6 is 8.53 Å². The van der Waals surface area contributed by atoms with Gasteiger partial charge in [-0.1, -0.05) is 6.92 Å². The van der Waals surface area contributed by atoms with Crippen molar-refractivity contribution in [1.82, 2.24) is 43.9 Å². The lowest BCUT2D eigenvalue weighted by Crippen LogP contribution is -2.46. The normalized spacial score (nSPS) is 23.8. The van der Waals surface area contributed by atoms with Gasteiger partial charge in [-0.2, -0.15) is 9.97 Å². The van der Waals surface area contributed by atoms with E-state index in [0.717, 1.165) is 5.82 Å². The van der Waals surface area contributed by atoms with Gasteiger partial charge in [0.05, 0.1) is 19.2 Å². The molecule has 2 saturated heterocycles. The summed E-state index contributed by atoms with van der Waals surface area (Å²) in [5.74, 6) is 1.49. The Morgan fingerprint density at radius 2 is 2.04 bits per heavy atom. The van der Waals surface area contributed by atoms with Gasteiger partial charge in [-0.05, 0) is 41.0 Å². The van der Waals surface area contributed by atoms with Crippen LogP contribution in [0.5, 0.6) is 0 Å². The molecule has 1 N–H and O–H groups in total. The molecule has 2 aliphatic rings. The van der Waals surface area contributed by atoms with Gasteiger partial charge in [0, 0.05) is 33.2 Å². The first-order valence-corrected chi connectivity index (χ1v) is 16.2. The first-order chi connectivity index (χ1) is 21.4. The Labute approximate surface area is 264 Å². The first kappa shape index (κ1) is 32.9. The van der Waals surface area contributed by atoms with Crippen LogP contribution in [0.15, 0.2) is 16.1 Å². The minimum Gasteiger partial charge on any atom is -0.369 e. The summed E-state index contributed by atoms with van der Waals surface area (Å²) in [4.78, 5) is 41.2. The maximum Gasteiger partial charge on any atom is 0.280 e. The topological polar surface area (TPSA) is 148 Å². The number of H-pyrrole nitrogens is 1. The largest absolute Gasteiger partial charge is 0.369 e. The molecule has 17 heteroatoms. The number of imidazole rings is 1. The van der Waals surface area contributed by atoms with E-state index in [1.807, 2.05) is 28.1 Å². The summed E-state index contributed by atoms with van der Waals surface area (Å²) < 4.78 is 26.1. The number of nitrogens with one attached hydrogen (secondary N) is 1. The molecule has 0 saturated carbocycles. The van der Waals surface area contributed by atoms with Crippen LogP contribution in [0.25, 0.3) is 16.0 Å². The molecule has 0 radical (unpaired) electrons. The van der Waals surface area contributed by atoms with Crippen LogP contribution in [-0.2, 0) is 20.8 Å². The number of ether oxygens (including phenoxy) is 1. The Morgan fingerprint density at radius 1 is 1.31 bits per heavy atom. The number of aromatic nitrogens is 7. The predicted molar refractivity (Wildman–Crippen MR) is 171 cm³/mol. The number of hydrogen-bond acceptors (Lipinski definition) is 11. The molecule has 5 atom stereocenters. The first-order valence-electron chi connectivity index (χ1n) is 15.1. The molecule has 0 aliphatic carbocycles. The highest BCUT2D eigenvalue weighted by molar-refractivity contribution is 7.44. The van der Waals surface area contributed by atoms with Gasteiger partial charge in [0.1, 0.15) is 30.2 Å². The minimum absolute atomic E-state index is 0.128. The van der Waals surface area contributed by atoms with E-state index in [-0.39, 0.29) is 36.7 Å². The molecule has 3 aromatic heterocycles. The van der Waals surface area contributed by atoms with E-state index in [9.17, 15) is 4.79 Å². The zero-order chi connectivity index (χ0) is 32.6. The number of aliphatic imine (C=N–C) groups is 1. The molecule has 0 amide bonds. The second kappa shape index (κ2) is 13.1. The SMILES string of the molecule is [C-]#[N+]CCOP(O[C@H]1[C@@H]2[C@H](n3cnc4c(=O)[nH]c(N=CN(C)C)nc43)O[C@@]1(CC)CN2c1nc(C)n(C)n1)N(C(C)C)C(C)C. The number of aryl methyl sites for hydroxylation is 2. The molecule has 5 heterocycles. The van der Waals surface area contributed by atoms with Crippen molar-refractivity contribution in [1.29, 1.82) is 0 Å². The molecule has 1 unspecified atom stereocenters. The third kappa shape index (κ3) is 6.19. The number of hydrogen-bond donors (Lipinski definition) is 1. The van der Waals surface area contributed by atoms with Crippen LogP contribution in [0.4, 0.5) is 11.9 Å². The third-order valence-corrected chi connectivity index (χ3v) is 10.2. The van der Waals surface area contributed by atoms with Crippen molar-refractivity contribution in [3.63, 3.8) is 0 Å². The fraction of sp³-hybridized carbons (Fsp3) is 0.679. The van der Waals surface area contributed by atoms with E-state index in [1.54, 1.807) is 26.8 Å². The molecular formula is C28H43N12O4P. The summed E-state index contributed by atoms with van der Waals surface area (Å²) in [5, 5.41) is 4.72. The van der Waals surface area contributed by atoms with Crippen molar-refractivity contribution in [2.45, 2.75) is 84.0 Å². The summed E-state index contributed by atoms with van der Waals surface area (Å²) in [6, 6.07) is -0.166. The van der Waals surface area contributed by atoms with E-state index in [2.05, 4.69) is 69.0 Å². The van der Waals surface area contributed by atoms with Crippen molar-refractivity contribution in [2.75, 3.05) is 38.7 Å². The second-order valence-corrected chi connectivity index (χ2v) is 13.5. The monoisotopic (exact) mass is 642 g/mol. The van der Waals surface area contributed by atoms with Crippen LogP contribution in [0, 0.1) is 13.5 Å². The van der Waals surface area contributed by atoms with E-state index in [4.69, 9.17) is 30.4 Å². The number of anilines is 1. The summed E-state index contributed by atoms with van der Waals surface area (Å²) >= 11 is 0. The van der Waals surface area contributed by atoms with Crippen molar-refractivity contribution in [3.05, 3.63) is 33.9 Å². The highest BCUT2D eigenvalue weighted by atomic mass is 31.2. The average Bonchev–Trinajstić information content (AvgIpc) is 3.71. The highest BCUT2D eigenvalue weighted by Crippen LogP contribution is 2.57. The van der Waals surface area contributed by atoms with E-state index in [0.29, 0.717) is 24.6 Å². The lowest BCUT2D eigenvalue weighted by atomic mass is 9.96. The third-order valence-electron chi connectivity index (χ3n) is 8.06. The summed E-state index contributed by atoms with van der Waals surface area (Å²) in [5.41, 5.74) is -0.637. The molecule has 5 rings (SSSR count). The molecule has 2 aliphatic heterocycles. The van der Waals surface area contributed by atoms with Crippen LogP contribution in [0.3, 0.4) is 0 Å². The van der Waals surface area contributed by atoms with Gasteiger partial charge in [-0.3, -0.25) is 19.0 Å². The van der Waals surface area contributed by atoms with Gasteiger partial charge in [0.2, 0.25) is 18.4 Å². The van der Waals surface area contributed by atoms with Gasteiger partial charge in [-0.25, -0.2) is 21.2 Å². The zero-order valence-corrected chi connectivity index (χ0v) is 28.3. The van der Waals surface area contributed by atoms with Gasteiger partial charge < -0.3 is 28.4 Å². The van der Waals surface area contributed by atoms with Crippen LogP contribution in [0.2, 0.25) is 0 Å². The standard InChI is InChI=1S/C28H43N12O4P/c1-11-28-14-38(27-32-19(6)37(10)35-27)21(22(28)44-45(42-13-12-29-7)40(17(2)3)18(4)5)25(43-28)39-16-30-20-23(39)33-26(34-24(20)41)31-15-36(8)9/h15-18,21-22,25H,11-14H2,1-6,8-10H3,(H,33,34,41)/t21-,22+,25-,28+,45?/m1/s1. The summed E-state index contributed by atoms with van der Waals surface area (Å²) in [6.45, 7) is 20.7. The van der Waals surface area contributed by atoms with E-state index >= 15 is 0 Å². The van der Waals surface area contributed by atoms with Crippen molar-refractivity contribution < 1.29 is 13.8 Å². The van der Waals surface area contributed by atoms with Gasteiger partial charge in [-0.15, -0.1) is 5.10 Å². The average molecular weight is 643 g/mol. The molecular weight excluding hydrogens is 599 g/mol. The Hall–Kier alpha value is -3.48. The van der Waals surface area contributed by atoms with Crippen molar-refractivity contribution in [3.8, 4) is 0 Å². The molecule has 3 aromatic rings. The zero-order valence-electron chi connectivity index (χ0n) is 27.4. The van der Waals surface area contributed by atoms with Gasteiger partial charge in [0.25, 0.3) is 14.1 Å². The van der Waals surface area contributed by atoms with Crippen LogP contribution in [-0.4, -0.2) is 114 Å². The Morgan fingerprint density at radius 3 is 2.64 bits per heavy atom. The Bertz CT molecular complexity index is 1600. The van der Waals surface area contributed by atoms with Gasteiger partial charge >= 0.3 is 0 Å². The number of nitrogens with zero attached hydrogens (tertiary/aromatic N) is 11. The van der Waals surface area contributed by atoms with E-state index < -0.39 is 38.1 Å². The number of fused-ring (bicyclic) bond motifs is 3. The maximum absolute atomic E-state index is 13.0. The molecule has 0 aromatic carbocycles. The fourth-order valence-corrected chi connectivity index (χ4v) is 7.75. The lowest BCUT2D eigenvalue weighted by molar-refractivity contribution is -0.102. The fourth-order valence-electron chi connectivity index (χ4n) is 5.94. The predicted octanol–water partition coefficient (Wildman–Crippen LogP) is 3.01. The Balaban J connectivity index is 1.62. The second-order valence-electron chi connectivity index (χ2n) is 12.1. The number of aromatic amines is 1. The van der Waals surface area contributed by atoms with Crippen molar-refractivity contribution in [2.24, 2.45) is 12.0 Å². The molecule has 2 fully saturated rings. The molecule has 2 bridgehead atoms. The lowest BCUT2D eigenvalue weighted by Gasteiger charge is -2.38. The van der Waals surface area contributed by atoms with Crippen LogP contribution in [0.1, 0.15) is 53.1 Å². The van der Waals surface area contributed by atoms with E-state index in [1.165, 1.54) is 0 Å². The van der Waals surface area contributed by atoms with Crippen LogP contribution < -0.4 is 10.5 Å². The smallest absolute Gasteiger partial charge is 0.280 e. The molecule has 0 spiro atoms. The number of morpholine rings is 1. The molecule has 45 heavy (non-hydrogen) atoms. The minimum atomic E-state index is -1.58. The van der Waals surface area contributed by atoms with Crippen molar-refractivity contribution >= 4 is 37.9 Å². The highest BCUT2D eigenvalue weighted by Gasteiger charge is 2.66. The quantitative estimate of drug-likeness (QED) is 0.0964. The number of rotatable bonds is 13. The van der Waals surface area contributed by atoms with Gasteiger partial charge in [0.15, 0.2) is 17.4 Å². The summed E-state index contributed by atoms with van der Waals surface area (Å²) in [7, 11) is 3.95. The summed E-state index contributed by atoms with van der Waals surface area (Å²) in [6.07, 6.45) is 2.65. The maximum atomic E-state index is 13.0.